The first-order valence-electron chi connectivity index (χ1n) is 10.2. The number of aromatic nitrogens is 2. The average Bonchev–Trinajstić information content (AvgIpc) is 3.55. The number of benzene rings is 3. The lowest BCUT2D eigenvalue weighted by atomic mass is 10.1. The van der Waals surface area contributed by atoms with Gasteiger partial charge in [-0.05, 0) is 5.56 Å². The fraction of sp³-hybridized carbons (Fsp3) is 0.0385. The molecule has 5 nitrogen and oxygen atoms in total. The van der Waals surface area contributed by atoms with Gasteiger partial charge < -0.3 is 9.84 Å². The molecule has 0 unspecified atom stereocenters. The van der Waals surface area contributed by atoms with Gasteiger partial charge in [0.05, 0.1) is 5.69 Å². The molecule has 3 aromatic carbocycles. The van der Waals surface area contributed by atoms with Crippen LogP contribution in [0.3, 0.4) is 0 Å². The summed E-state index contributed by atoms with van der Waals surface area (Å²) in [6, 6.07) is 29.4. The Morgan fingerprint density at radius 1 is 0.844 bits per heavy atom. The number of nitrogens with one attached hydrogen (secondary N) is 1. The fourth-order valence-corrected chi connectivity index (χ4v) is 4.14. The molecule has 0 aliphatic carbocycles. The second kappa shape index (κ2) is 8.99. The van der Waals surface area contributed by atoms with Gasteiger partial charge in [-0.1, -0.05) is 90.1 Å². The summed E-state index contributed by atoms with van der Waals surface area (Å²) in [6.07, 6.45) is 0. The molecule has 1 amide bonds. The van der Waals surface area contributed by atoms with E-state index in [0.29, 0.717) is 12.3 Å². The van der Waals surface area contributed by atoms with Crippen molar-refractivity contribution in [2.24, 2.45) is 0 Å². The monoisotopic (exact) mass is 437 g/mol. The van der Waals surface area contributed by atoms with Crippen molar-refractivity contribution in [3.05, 3.63) is 108 Å². The molecule has 0 saturated heterocycles. The molecular weight excluding hydrogens is 418 g/mol. The summed E-state index contributed by atoms with van der Waals surface area (Å²) >= 11 is 1.63. The Kier molecular flexibility index (Phi) is 5.59. The topological polar surface area (TPSA) is 68.0 Å². The van der Waals surface area contributed by atoms with Gasteiger partial charge in [0.1, 0.15) is 5.01 Å². The first-order valence-corrected chi connectivity index (χ1v) is 11.0. The maximum absolute atomic E-state index is 12.4. The van der Waals surface area contributed by atoms with Crippen LogP contribution in [0.4, 0.5) is 0 Å². The van der Waals surface area contributed by atoms with E-state index in [9.17, 15) is 4.79 Å². The van der Waals surface area contributed by atoms with Crippen molar-refractivity contribution >= 4 is 17.2 Å². The lowest BCUT2D eigenvalue weighted by Crippen LogP contribution is -2.22. The number of carbonyl (C=O) groups excluding carboxylic acids is 1. The third-order valence-electron chi connectivity index (χ3n) is 5.03. The van der Waals surface area contributed by atoms with Crippen LogP contribution in [0, 0.1) is 0 Å². The van der Waals surface area contributed by atoms with Crippen LogP contribution >= 0.6 is 11.3 Å². The molecule has 0 saturated carbocycles. The fourth-order valence-electron chi connectivity index (χ4n) is 3.31. The SMILES string of the molecule is O=C(NCc1ccc(-c2csc(-c3ccccc3)n2)cc1)c1cc(-c2ccccc2)on1. The Hall–Kier alpha value is -4.03. The molecule has 0 fully saturated rings. The Labute approximate surface area is 189 Å². The van der Waals surface area contributed by atoms with Gasteiger partial charge in [0, 0.05) is 34.7 Å². The number of amides is 1. The minimum absolute atomic E-state index is 0.261. The highest BCUT2D eigenvalue weighted by molar-refractivity contribution is 7.13. The number of hydrogen-bond acceptors (Lipinski definition) is 5. The van der Waals surface area contributed by atoms with Crippen molar-refractivity contribution < 1.29 is 9.32 Å². The zero-order valence-electron chi connectivity index (χ0n) is 17.1. The first kappa shape index (κ1) is 19.9. The second-order valence-electron chi connectivity index (χ2n) is 7.23. The molecule has 6 heteroatoms. The molecule has 0 radical (unpaired) electrons. The third kappa shape index (κ3) is 4.36. The first-order chi connectivity index (χ1) is 15.8. The summed E-state index contributed by atoms with van der Waals surface area (Å²) in [7, 11) is 0. The highest BCUT2D eigenvalue weighted by atomic mass is 32.1. The smallest absolute Gasteiger partial charge is 0.273 e. The van der Waals surface area contributed by atoms with Gasteiger partial charge in [0.2, 0.25) is 0 Å². The predicted octanol–water partition coefficient (Wildman–Crippen LogP) is 6.06. The number of thiazole rings is 1. The van der Waals surface area contributed by atoms with Gasteiger partial charge in [-0.15, -0.1) is 11.3 Å². The highest BCUT2D eigenvalue weighted by Gasteiger charge is 2.13. The molecular formula is C26H19N3O2S. The molecule has 0 aliphatic rings. The van der Waals surface area contributed by atoms with E-state index in [0.717, 1.165) is 33.0 Å². The average molecular weight is 438 g/mol. The van der Waals surface area contributed by atoms with Crippen LogP contribution in [0.2, 0.25) is 0 Å². The van der Waals surface area contributed by atoms with Gasteiger partial charge in [-0.25, -0.2) is 4.98 Å². The van der Waals surface area contributed by atoms with Gasteiger partial charge >= 0.3 is 0 Å². The van der Waals surface area contributed by atoms with Crippen LogP contribution in [-0.2, 0) is 6.54 Å². The van der Waals surface area contributed by atoms with Crippen molar-refractivity contribution in [3.8, 4) is 33.2 Å². The van der Waals surface area contributed by atoms with E-state index in [1.54, 1.807) is 17.4 Å². The Balaban J connectivity index is 1.22. The predicted molar refractivity (Wildman–Crippen MR) is 126 cm³/mol. The minimum Gasteiger partial charge on any atom is -0.355 e. The maximum atomic E-state index is 12.4. The van der Waals surface area contributed by atoms with E-state index in [2.05, 4.69) is 28.0 Å². The van der Waals surface area contributed by atoms with Crippen LogP contribution in [0.1, 0.15) is 16.1 Å². The molecule has 0 aliphatic heterocycles. The Morgan fingerprint density at radius 3 is 2.25 bits per heavy atom. The Morgan fingerprint density at radius 2 is 1.53 bits per heavy atom. The van der Waals surface area contributed by atoms with Crippen molar-refractivity contribution in [2.75, 3.05) is 0 Å². The van der Waals surface area contributed by atoms with E-state index in [1.165, 1.54) is 0 Å². The van der Waals surface area contributed by atoms with Gasteiger partial charge in [-0.2, -0.15) is 0 Å². The van der Waals surface area contributed by atoms with Crippen LogP contribution in [0.15, 0.2) is 101 Å². The van der Waals surface area contributed by atoms with Crippen LogP contribution in [-0.4, -0.2) is 16.0 Å². The molecule has 156 valence electrons. The summed E-state index contributed by atoms with van der Waals surface area (Å²) in [4.78, 5) is 17.2. The maximum Gasteiger partial charge on any atom is 0.273 e. The standard InChI is InChI=1S/C26H19N3O2S/c30-25(22-15-24(31-29-22)20-7-3-1-4-8-20)27-16-18-11-13-19(14-12-18)23-17-32-26(28-23)21-9-5-2-6-10-21/h1-15,17H,16H2,(H,27,30). The summed E-state index contributed by atoms with van der Waals surface area (Å²) in [5.74, 6) is 0.297. The van der Waals surface area contributed by atoms with Crippen molar-refractivity contribution in [3.63, 3.8) is 0 Å². The van der Waals surface area contributed by atoms with Crippen LogP contribution < -0.4 is 5.32 Å². The molecule has 32 heavy (non-hydrogen) atoms. The molecule has 5 aromatic rings. The van der Waals surface area contributed by atoms with E-state index >= 15 is 0 Å². The van der Waals surface area contributed by atoms with Crippen LogP contribution in [0.25, 0.3) is 33.2 Å². The van der Waals surface area contributed by atoms with Gasteiger partial charge in [0.15, 0.2) is 11.5 Å². The van der Waals surface area contributed by atoms with Gasteiger partial charge in [-0.3, -0.25) is 4.79 Å². The molecule has 0 atom stereocenters. The van der Waals surface area contributed by atoms with Crippen molar-refractivity contribution in [1.29, 1.82) is 0 Å². The lowest BCUT2D eigenvalue weighted by molar-refractivity contribution is 0.0942. The molecule has 2 aromatic heterocycles. The van der Waals surface area contributed by atoms with Gasteiger partial charge in [0.25, 0.3) is 5.91 Å². The number of nitrogens with zero attached hydrogens (tertiary/aromatic N) is 2. The summed E-state index contributed by atoms with van der Waals surface area (Å²) in [5.41, 5.74) is 5.24. The minimum atomic E-state index is -0.271. The molecule has 5 rings (SSSR count). The number of hydrogen-bond donors (Lipinski definition) is 1. The summed E-state index contributed by atoms with van der Waals surface area (Å²) in [6.45, 7) is 0.402. The summed E-state index contributed by atoms with van der Waals surface area (Å²) < 4.78 is 5.31. The Bertz CT molecular complexity index is 1330. The normalized spacial score (nSPS) is 10.8. The van der Waals surface area contributed by atoms with E-state index in [4.69, 9.17) is 9.51 Å². The zero-order valence-corrected chi connectivity index (χ0v) is 17.9. The van der Waals surface area contributed by atoms with E-state index in [-0.39, 0.29) is 11.6 Å². The van der Waals surface area contributed by atoms with Crippen molar-refractivity contribution in [1.82, 2.24) is 15.5 Å². The third-order valence-corrected chi connectivity index (χ3v) is 5.92. The number of carbonyl (C=O) groups is 1. The molecule has 0 spiro atoms. The summed E-state index contributed by atoms with van der Waals surface area (Å²) in [5, 5.41) is 9.84. The van der Waals surface area contributed by atoms with Crippen molar-refractivity contribution in [2.45, 2.75) is 6.54 Å². The quantitative estimate of drug-likeness (QED) is 0.350. The number of rotatable bonds is 6. The largest absolute Gasteiger partial charge is 0.355 e. The molecule has 1 N–H and O–H groups in total. The van der Waals surface area contributed by atoms with E-state index in [1.807, 2.05) is 72.8 Å². The zero-order chi connectivity index (χ0) is 21.8. The highest BCUT2D eigenvalue weighted by Crippen LogP contribution is 2.28. The molecule has 2 heterocycles. The molecule has 0 bridgehead atoms. The lowest BCUT2D eigenvalue weighted by Gasteiger charge is -2.04. The van der Waals surface area contributed by atoms with E-state index < -0.39 is 0 Å². The van der Waals surface area contributed by atoms with Crippen LogP contribution in [0.5, 0.6) is 0 Å². The second-order valence-corrected chi connectivity index (χ2v) is 8.08.